The number of aliphatic hydroxyl groups excluding tert-OH is 2. The number of likely N-dealkylation sites (tertiary alicyclic amines) is 1. The van der Waals surface area contributed by atoms with E-state index in [0.29, 0.717) is 62.8 Å². The molecule has 3 N–H and O–H groups in total. The van der Waals surface area contributed by atoms with E-state index in [4.69, 9.17) is 4.74 Å². The van der Waals surface area contributed by atoms with Gasteiger partial charge in [-0.25, -0.2) is 4.39 Å². The lowest BCUT2D eigenvalue weighted by molar-refractivity contribution is -0.0609. The summed E-state index contributed by atoms with van der Waals surface area (Å²) in [5.41, 5.74) is 1.57. The second-order valence-electron chi connectivity index (χ2n) is 7.49. The van der Waals surface area contributed by atoms with E-state index in [1.54, 1.807) is 23.1 Å². The molecule has 2 aliphatic heterocycles. The van der Waals surface area contributed by atoms with Crippen LogP contribution in [0.2, 0.25) is 0 Å². The van der Waals surface area contributed by atoms with Crippen molar-refractivity contribution in [1.29, 1.82) is 0 Å². The van der Waals surface area contributed by atoms with E-state index in [1.807, 2.05) is 0 Å². The standard InChI is InChI=1S/C20H25FN4O4/c21-14-3-1-13(2-4-14)15-11-16(23-22-15)20(28)25-6-5-18(26)19(27)17(12-25)24-7-9-29-10-8-24/h1-4,11,17-19,26-27H,5-10,12H2,(H,22,23)/t17-,18-,19+/m1/s1. The van der Waals surface area contributed by atoms with E-state index >= 15 is 0 Å². The summed E-state index contributed by atoms with van der Waals surface area (Å²) in [5, 5.41) is 27.8. The number of carbonyl (C=O) groups is 1. The predicted molar refractivity (Wildman–Crippen MR) is 103 cm³/mol. The highest BCUT2D eigenvalue weighted by atomic mass is 19.1. The van der Waals surface area contributed by atoms with Gasteiger partial charge in [-0.05, 0) is 36.8 Å². The zero-order valence-corrected chi connectivity index (χ0v) is 16.0. The molecule has 0 radical (unpaired) electrons. The average molecular weight is 404 g/mol. The summed E-state index contributed by atoms with van der Waals surface area (Å²) in [5.74, 6) is -0.582. The molecular formula is C20H25FN4O4. The molecule has 4 rings (SSSR count). The van der Waals surface area contributed by atoms with Crippen LogP contribution in [0, 0.1) is 5.82 Å². The van der Waals surface area contributed by atoms with Crippen LogP contribution in [-0.2, 0) is 4.74 Å². The maximum Gasteiger partial charge on any atom is 0.271 e. The third kappa shape index (κ3) is 4.32. The van der Waals surface area contributed by atoms with Gasteiger partial charge in [-0.1, -0.05) is 0 Å². The van der Waals surface area contributed by atoms with Gasteiger partial charge in [0.05, 0.1) is 37.2 Å². The summed E-state index contributed by atoms with van der Waals surface area (Å²) < 4.78 is 18.5. The molecule has 1 amide bonds. The SMILES string of the molecule is O=C(c1cc(-c2ccc(F)cc2)n[nH]1)N1CC[C@@H](O)[C@@H](O)[C@H](N2CCOCC2)C1. The van der Waals surface area contributed by atoms with Gasteiger partial charge in [-0.15, -0.1) is 0 Å². The number of aromatic amines is 1. The number of aliphatic hydroxyl groups is 2. The van der Waals surface area contributed by atoms with Crippen LogP contribution in [0.5, 0.6) is 0 Å². The van der Waals surface area contributed by atoms with Crippen molar-refractivity contribution in [3.63, 3.8) is 0 Å². The largest absolute Gasteiger partial charge is 0.390 e. The second-order valence-corrected chi connectivity index (χ2v) is 7.49. The fraction of sp³-hybridized carbons (Fsp3) is 0.500. The molecular weight excluding hydrogens is 379 g/mol. The smallest absolute Gasteiger partial charge is 0.271 e. The van der Waals surface area contributed by atoms with E-state index in [-0.39, 0.29) is 17.8 Å². The Labute approximate surface area is 167 Å². The Balaban J connectivity index is 1.52. The molecule has 1 aromatic heterocycles. The van der Waals surface area contributed by atoms with Crippen LogP contribution in [0.4, 0.5) is 4.39 Å². The molecule has 1 aromatic carbocycles. The number of H-pyrrole nitrogens is 1. The average Bonchev–Trinajstić information content (AvgIpc) is 3.18. The van der Waals surface area contributed by atoms with Crippen molar-refractivity contribution in [2.24, 2.45) is 0 Å². The molecule has 0 aliphatic carbocycles. The summed E-state index contributed by atoms with van der Waals surface area (Å²) in [7, 11) is 0. The minimum Gasteiger partial charge on any atom is -0.390 e. The zero-order chi connectivity index (χ0) is 20.4. The Bertz CT molecular complexity index is 837. The number of hydrogen-bond donors (Lipinski definition) is 3. The lowest BCUT2D eigenvalue weighted by Crippen LogP contribution is -2.55. The molecule has 156 valence electrons. The van der Waals surface area contributed by atoms with Crippen molar-refractivity contribution >= 4 is 5.91 Å². The third-order valence-corrected chi connectivity index (χ3v) is 5.64. The molecule has 3 atom stereocenters. The number of nitrogens with zero attached hydrogens (tertiary/aromatic N) is 3. The van der Waals surface area contributed by atoms with Gasteiger partial charge in [0.15, 0.2) is 0 Å². The summed E-state index contributed by atoms with van der Waals surface area (Å²) in [6.07, 6.45) is -1.52. The number of halogens is 1. The van der Waals surface area contributed by atoms with Crippen molar-refractivity contribution in [2.75, 3.05) is 39.4 Å². The molecule has 9 heteroatoms. The van der Waals surface area contributed by atoms with Crippen LogP contribution in [0.15, 0.2) is 30.3 Å². The van der Waals surface area contributed by atoms with Gasteiger partial charge in [0.2, 0.25) is 0 Å². The van der Waals surface area contributed by atoms with Crippen LogP contribution in [0.25, 0.3) is 11.3 Å². The van der Waals surface area contributed by atoms with Gasteiger partial charge in [0.25, 0.3) is 5.91 Å². The first kappa shape index (κ1) is 20.0. The summed E-state index contributed by atoms with van der Waals surface area (Å²) in [4.78, 5) is 16.8. The zero-order valence-electron chi connectivity index (χ0n) is 16.0. The first-order valence-corrected chi connectivity index (χ1v) is 9.81. The Morgan fingerprint density at radius 1 is 1.17 bits per heavy atom. The lowest BCUT2D eigenvalue weighted by Gasteiger charge is -2.38. The van der Waals surface area contributed by atoms with Crippen molar-refractivity contribution in [3.8, 4) is 11.3 Å². The van der Waals surface area contributed by atoms with Crippen molar-refractivity contribution < 1.29 is 24.1 Å². The number of morpholine rings is 1. The van der Waals surface area contributed by atoms with Gasteiger partial charge in [0.1, 0.15) is 11.5 Å². The molecule has 2 aromatic rings. The number of carbonyl (C=O) groups excluding carboxylic acids is 1. The fourth-order valence-corrected chi connectivity index (χ4v) is 3.94. The van der Waals surface area contributed by atoms with E-state index < -0.39 is 12.2 Å². The number of amides is 1. The molecule has 2 saturated heterocycles. The number of nitrogens with one attached hydrogen (secondary N) is 1. The van der Waals surface area contributed by atoms with Crippen LogP contribution < -0.4 is 0 Å². The van der Waals surface area contributed by atoms with Crippen LogP contribution >= 0.6 is 0 Å². The molecule has 0 spiro atoms. The van der Waals surface area contributed by atoms with Crippen molar-refractivity contribution in [1.82, 2.24) is 20.0 Å². The molecule has 0 saturated carbocycles. The molecule has 3 heterocycles. The second kappa shape index (κ2) is 8.58. The van der Waals surface area contributed by atoms with Gasteiger partial charge in [-0.3, -0.25) is 14.8 Å². The van der Waals surface area contributed by atoms with Crippen LogP contribution in [0.1, 0.15) is 16.9 Å². The van der Waals surface area contributed by atoms with Gasteiger partial charge < -0.3 is 19.8 Å². The van der Waals surface area contributed by atoms with E-state index in [0.717, 1.165) is 0 Å². The number of hydrogen-bond acceptors (Lipinski definition) is 6. The lowest BCUT2D eigenvalue weighted by atomic mass is 10.0. The van der Waals surface area contributed by atoms with Gasteiger partial charge in [0, 0.05) is 31.7 Å². The highest BCUT2D eigenvalue weighted by Gasteiger charge is 2.37. The highest BCUT2D eigenvalue weighted by Crippen LogP contribution is 2.22. The maximum atomic E-state index is 13.1. The minimum absolute atomic E-state index is 0.245. The third-order valence-electron chi connectivity index (χ3n) is 5.64. The van der Waals surface area contributed by atoms with E-state index in [1.165, 1.54) is 12.1 Å². The van der Waals surface area contributed by atoms with E-state index in [2.05, 4.69) is 15.1 Å². The molecule has 8 nitrogen and oxygen atoms in total. The number of benzene rings is 1. The van der Waals surface area contributed by atoms with Crippen molar-refractivity contribution in [2.45, 2.75) is 24.7 Å². The Hall–Kier alpha value is -2.33. The van der Waals surface area contributed by atoms with Gasteiger partial charge in [-0.2, -0.15) is 5.10 Å². The topological polar surface area (TPSA) is 102 Å². The number of ether oxygens (including phenoxy) is 1. The van der Waals surface area contributed by atoms with Crippen molar-refractivity contribution in [3.05, 3.63) is 41.8 Å². The molecule has 29 heavy (non-hydrogen) atoms. The quantitative estimate of drug-likeness (QED) is 0.688. The summed E-state index contributed by atoms with van der Waals surface area (Å²) >= 11 is 0. The monoisotopic (exact) mass is 404 g/mol. The van der Waals surface area contributed by atoms with Gasteiger partial charge >= 0.3 is 0 Å². The molecule has 2 aliphatic rings. The first-order chi connectivity index (χ1) is 14.0. The summed E-state index contributed by atoms with van der Waals surface area (Å²) in [6.45, 7) is 3.07. The number of rotatable bonds is 3. The maximum absolute atomic E-state index is 13.1. The minimum atomic E-state index is -0.928. The molecule has 0 unspecified atom stereocenters. The van der Waals surface area contributed by atoms with E-state index in [9.17, 15) is 19.4 Å². The fourth-order valence-electron chi connectivity index (χ4n) is 3.94. The molecule has 0 bridgehead atoms. The van der Waals surface area contributed by atoms with Crippen LogP contribution in [-0.4, -0.2) is 93.8 Å². The molecule has 2 fully saturated rings. The normalized spacial score (nSPS) is 26.3. The predicted octanol–water partition coefficient (Wildman–Crippen LogP) is 0.484. The first-order valence-electron chi connectivity index (χ1n) is 9.81. The number of aromatic nitrogens is 2. The Morgan fingerprint density at radius 2 is 1.90 bits per heavy atom. The Morgan fingerprint density at radius 3 is 2.62 bits per heavy atom. The summed E-state index contributed by atoms with van der Waals surface area (Å²) in [6, 6.07) is 7.17. The van der Waals surface area contributed by atoms with Crippen LogP contribution in [0.3, 0.4) is 0 Å². The highest BCUT2D eigenvalue weighted by molar-refractivity contribution is 5.93. The Kier molecular flexibility index (Phi) is 5.91.